The van der Waals surface area contributed by atoms with Crippen LogP contribution in [0.5, 0.6) is 5.75 Å². The molecular weight excluding hydrogens is 334 g/mol. The SMILES string of the molecule is NC(=O)OC1CCN(S(=O)(=O)c2ccc(OC3CNC3)cc2)CC1. The third kappa shape index (κ3) is 3.80. The number of rotatable bonds is 5. The molecule has 2 saturated heterocycles. The lowest BCUT2D eigenvalue weighted by Gasteiger charge is -2.30. The molecule has 3 rings (SSSR count). The van der Waals surface area contributed by atoms with E-state index in [1.807, 2.05) is 0 Å². The maximum absolute atomic E-state index is 12.7. The van der Waals surface area contributed by atoms with Crippen molar-refractivity contribution in [3.05, 3.63) is 24.3 Å². The van der Waals surface area contributed by atoms with E-state index in [1.165, 1.54) is 4.31 Å². The van der Waals surface area contributed by atoms with Crippen LogP contribution in [0.1, 0.15) is 12.8 Å². The summed E-state index contributed by atoms with van der Waals surface area (Å²) in [4.78, 5) is 11.0. The predicted octanol–water partition coefficient (Wildman–Crippen LogP) is 0.286. The van der Waals surface area contributed by atoms with Crippen molar-refractivity contribution in [2.75, 3.05) is 26.2 Å². The van der Waals surface area contributed by atoms with Crippen LogP contribution in [0.3, 0.4) is 0 Å². The summed E-state index contributed by atoms with van der Waals surface area (Å²) in [7, 11) is -3.56. The van der Waals surface area contributed by atoms with Crippen LogP contribution in [0, 0.1) is 0 Å². The Hall–Kier alpha value is -1.84. The minimum Gasteiger partial charge on any atom is -0.488 e. The molecule has 0 spiro atoms. The molecule has 2 aliphatic rings. The van der Waals surface area contributed by atoms with E-state index >= 15 is 0 Å². The van der Waals surface area contributed by atoms with E-state index in [1.54, 1.807) is 24.3 Å². The van der Waals surface area contributed by atoms with E-state index in [2.05, 4.69) is 5.32 Å². The zero-order valence-electron chi connectivity index (χ0n) is 13.2. The summed E-state index contributed by atoms with van der Waals surface area (Å²) in [6.45, 7) is 2.21. The lowest BCUT2D eigenvalue weighted by atomic mass is 10.1. The highest BCUT2D eigenvalue weighted by Crippen LogP contribution is 2.24. The molecule has 0 radical (unpaired) electrons. The average molecular weight is 355 g/mol. The van der Waals surface area contributed by atoms with Crippen LogP contribution in [0.25, 0.3) is 0 Å². The first kappa shape index (κ1) is 17.0. The number of ether oxygens (including phenoxy) is 2. The molecular formula is C15H21N3O5S. The van der Waals surface area contributed by atoms with Gasteiger partial charge in [0, 0.05) is 26.2 Å². The van der Waals surface area contributed by atoms with Crippen molar-refractivity contribution in [3.63, 3.8) is 0 Å². The van der Waals surface area contributed by atoms with Gasteiger partial charge in [-0.2, -0.15) is 4.31 Å². The van der Waals surface area contributed by atoms with Crippen LogP contribution in [-0.2, 0) is 14.8 Å². The number of hydrogen-bond donors (Lipinski definition) is 2. The van der Waals surface area contributed by atoms with Gasteiger partial charge in [-0.3, -0.25) is 0 Å². The Bertz CT molecular complexity index is 680. The number of nitrogens with zero attached hydrogens (tertiary/aromatic N) is 1. The monoisotopic (exact) mass is 355 g/mol. The molecule has 0 aliphatic carbocycles. The zero-order chi connectivity index (χ0) is 17.2. The molecule has 0 atom stereocenters. The molecule has 2 fully saturated rings. The van der Waals surface area contributed by atoms with Crippen LogP contribution < -0.4 is 15.8 Å². The highest BCUT2D eigenvalue weighted by atomic mass is 32.2. The molecule has 24 heavy (non-hydrogen) atoms. The van der Waals surface area contributed by atoms with E-state index in [-0.39, 0.29) is 17.1 Å². The van der Waals surface area contributed by atoms with Crippen LogP contribution in [0.15, 0.2) is 29.2 Å². The fraction of sp³-hybridized carbons (Fsp3) is 0.533. The van der Waals surface area contributed by atoms with Crippen molar-refractivity contribution in [2.45, 2.75) is 29.9 Å². The molecule has 0 aromatic heterocycles. The van der Waals surface area contributed by atoms with E-state index in [0.29, 0.717) is 31.7 Å². The third-order valence-corrected chi connectivity index (χ3v) is 6.10. The Kier molecular flexibility index (Phi) is 4.93. The van der Waals surface area contributed by atoms with Gasteiger partial charge in [0.05, 0.1) is 4.90 Å². The molecule has 0 bridgehead atoms. The Morgan fingerprint density at radius 1 is 1.12 bits per heavy atom. The van der Waals surface area contributed by atoms with Crippen LogP contribution in [0.2, 0.25) is 0 Å². The number of nitrogens with two attached hydrogens (primary N) is 1. The van der Waals surface area contributed by atoms with Crippen molar-refractivity contribution in [3.8, 4) is 5.75 Å². The second-order valence-electron chi connectivity index (χ2n) is 5.91. The van der Waals surface area contributed by atoms with Gasteiger partial charge in [0.2, 0.25) is 10.0 Å². The number of amides is 1. The van der Waals surface area contributed by atoms with Gasteiger partial charge in [0.25, 0.3) is 0 Å². The summed E-state index contributed by atoms with van der Waals surface area (Å²) < 4.78 is 37.3. The first-order valence-electron chi connectivity index (χ1n) is 7.89. The maximum Gasteiger partial charge on any atom is 0.404 e. The summed E-state index contributed by atoms with van der Waals surface area (Å²) in [5, 5.41) is 3.11. The van der Waals surface area contributed by atoms with Gasteiger partial charge in [-0.05, 0) is 37.1 Å². The number of sulfonamides is 1. The van der Waals surface area contributed by atoms with E-state index in [9.17, 15) is 13.2 Å². The van der Waals surface area contributed by atoms with E-state index < -0.39 is 16.1 Å². The van der Waals surface area contributed by atoms with Crippen molar-refractivity contribution < 1.29 is 22.7 Å². The smallest absolute Gasteiger partial charge is 0.404 e. The molecule has 1 aromatic rings. The predicted molar refractivity (Wildman–Crippen MR) is 86.2 cm³/mol. The largest absolute Gasteiger partial charge is 0.488 e. The zero-order valence-corrected chi connectivity index (χ0v) is 14.0. The first-order valence-corrected chi connectivity index (χ1v) is 9.33. The summed E-state index contributed by atoms with van der Waals surface area (Å²) in [5.41, 5.74) is 4.99. The minimum atomic E-state index is -3.56. The number of carbonyl (C=O) groups excluding carboxylic acids is 1. The maximum atomic E-state index is 12.7. The lowest BCUT2D eigenvalue weighted by Crippen LogP contribution is -2.50. The molecule has 132 valence electrons. The highest BCUT2D eigenvalue weighted by Gasteiger charge is 2.30. The molecule has 0 unspecified atom stereocenters. The molecule has 2 heterocycles. The number of nitrogens with one attached hydrogen (secondary N) is 1. The van der Waals surface area contributed by atoms with Crippen molar-refractivity contribution in [2.24, 2.45) is 5.73 Å². The van der Waals surface area contributed by atoms with Gasteiger partial charge in [-0.1, -0.05) is 0 Å². The number of primary amides is 1. The van der Waals surface area contributed by atoms with Crippen LogP contribution in [-0.4, -0.2) is 57.2 Å². The van der Waals surface area contributed by atoms with Gasteiger partial charge in [0.15, 0.2) is 0 Å². The molecule has 2 aliphatic heterocycles. The fourth-order valence-corrected chi connectivity index (χ4v) is 4.20. The van der Waals surface area contributed by atoms with Crippen LogP contribution >= 0.6 is 0 Å². The topological polar surface area (TPSA) is 111 Å². The Balaban J connectivity index is 1.61. The van der Waals surface area contributed by atoms with Crippen molar-refractivity contribution in [1.29, 1.82) is 0 Å². The number of hydrogen-bond acceptors (Lipinski definition) is 6. The summed E-state index contributed by atoms with van der Waals surface area (Å²) in [5.74, 6) is 0.661. The van der Waals surface area contributed by atoms with Gasteiger partial charge in [0.1, 0.15) is 18.0 Å². The molecule has 9 heteroatoms. The Morgan fingerprint density at radius 2 is 1.75 bits per heavy atom. The number of carbonyl (C=O) groups is 1. The normalized spacial score (nSPS) is 20.3. The van der Waals surface area contributed by atoms with Crippen molar-refractivity contribution in [1.82, 2.24) is 9.62 Å². The van der Waals surface area contributed by atoms with E-state index in [4.69, 9.17) is 15.2 Å². The fourth-order valence-electron chi connectivity index (χ4n) is 2.73. The Morgan fingerprint density at radius 3 is 2.25 bits per heavy atom. The summed E-state index contributed by atoms with van der Waals surface area (Å²) in [6.07, 6.45) is -0.109. The van der Waals surface area contributed by atoms with E-state index in [0.717, 1.165) is 13.1 Å². The standard InChI is InChI=1S/C15H21N3O5S/c16-15(19)23-12-5-7-18(8-6-12)24(20,21)14-3-1-11(2-4-14)22-13-9-17-10-13/h1-4,12-13,17H,5-10H2,(H2,16,19). The molecule has 1 aromatic carbocycles. The van der Waals surface area contributed by atoms with Crippen molar-refractivity contribution >= 4 is 16.1 Å². The van der Waals surface area contributed by atoms with Gasteiger partial charge in [-0.15, -0.1) is 0 Å². The Labute approximate surface area is 141 Å². The van der Waals surface area contributed by atoms with Gasteiger partial charge < -0.3 is 20.5 Å². The number of piperidine rings is 1. The summed E-state index contributed by atoms with van der Waals surface area (Å²) in [6, 6.07) is 6.47. The number of benzene rings is 1. The quantitative estimate of drug-likeness (QED) is 0.785. The first-order chi connectivity index (χ1) is 11.4. The second-order valence-corrected chi connectivity index (χ2v) is 7.85. The molecule has 0 saturated carbocycles. The molecule has 8 nitrogen and oxygen atoms in total. The third-order valence-electron chi connectivity index (χ3n) is 4.19. The molecule has 3 N–H and O–H groups in total. The minimum absolute atomic E-state index is 0.150. The highest BCUT2D eigenvalue weighted by molar-refractivity contribution is 7.89. The van der Waals surface area contributed by atoms with Gasteiger partial charge >= 0.3 is 6.09 Å². The van der Waals surface area contributed by atoms with Crippen LogP contribution in [0.4, 0.5) is 4.79 Å². The average Bonchev–Trinajstić information content (AvgIpc) is 2.51. The second kappa shape index (κ2) is 6.96. The summed E-state index contributed by atoms with van der Waals surface area (Å²) >= 11 is 0. The van der Waals surface area contributed by atoms with Gasteiger partial charge in [-0.25, -0.2) is 13.2 Å². The molecule has 1 amide bonds. The lowest BCUT2D eigenvalue weighted by molar-refractivity contribution is 0.0741.